The molecule has 0 saturated heterocycles. The van der Waals surface area contributed by atoms with Gasteiger partial charge in [0.2, 0.25) is 0 Å². The largest absolute Gasteiger partial charge is 0.271 e. The van der Waals surface area contributed by atoms with E-state index in [1.54, 1.807) is 11.8 Å². The Labute approximate surface area is 162 Å². The van der Waals surface area contributed by atoms with Crippen molar-refractivity contribution in [2.75, 3.05) is 0 Å². The molecule has 0 aliphatic heterocycles. The van der Waals surface area contributed by atoms with Crippen molar-refractivity contribution in [2.45, 2.75) is 24.8 Å². The molecular formula is C23H19N3S. The van der Waals surface area contributed by atoms with Gasteiger partial charge in [-0.15, -0.1) is 0 Å². The predicted molar refractivity (Wildman–Crippen MR) is 113 cm³/mol. The fourth-order valence-electron chi connectivity index (χ4n) is 3.56. The fraction of sp³-hybridized carbons (Fsp3) is 0.130. The smallest absolute Gasteiger partial charge is 0.175 e. The minimum absolute atomic E-state index is 0.888. The van der Waals surface area contributed by atoms with Gasteiger partial charge >= 0.3 is 0 Å². The number of nitrogens with zero attached hydrogens (tertiary/aromatic N) is 3. The summed E-state index contributed by atoms with van der Waals surface area (Å²) in [5, 5.41) is 2.07. The average molecular weight is 369 g/mol. The topological polar surface area (TPSA) is 30.2 Å². The molecule has 0 amide bonds. The number of para-hydroxylation sites is 3. The summed E-state index contributed by atoms with van der Waals surface area (Å²) in [6, 6.07) is 23.2. The second-order valence-electron chi connectivity index (χ2n) is 6.89. The number of hydrogen-bond donors (Lipinski definition) is 0. The summed E-state index contributed by atoms with van der Waals surface area (Å²) < 4.78 is 2.20. The molecule has 2 aromatic heterocycles. The minimum atomic E-state index is 0.888. The van der Waals surface area contributed by atoms with Crippen LogP contribution in [0.5, 0.6) is 0 Å². The summed E-state index contributed by atoms with van der Waals surface area (Å²) in [4.78, 5) is 9.87. The molecule has 5 aromatic rings. The zero-order valence-corrected chi connectivity index (χ0v) is 16.1. The molecule has 0 fully saturated rings. The van der Waals surface area contributed by atoms with Crippen molar-refractivity contribution in [1.82, 2.24) is 14.4 Å². The molecule has 0 atom stereocenters. The maximum atomic E-state index is 4.97. The molecule has 0 N–H and O–H groups in total. The van der Waals surface area contributed by atoms with Gasteiger partial charge in [0, 0.05) is 11.1 Å². The van der Waals surface area contributed by atoms with E-state index in [0.717, 1.165) is 38.5 Å². The van der Waals surface area contributed by atoms with Crippen LogP contribution in [-0.4, -0.2) is 14.4 Å². The zero-order chi connectivity index (χ0) is 18.4. The summed E-state index contributed by atoms with van der Waals surface area (Å²) >= 11 is 1.77. The molecule has 0 aliphatic rings. The van der Waals surface area contributed by atoms with E-state index in [2.05, 4.69) is 66.8 Å². The van der Waals surface area contributed by atoms with Gasteiger partial charge in [-0.1, -0.05) is 59.8 Å². The lowest BCUT2D eigenvalue weighted by Gasteiger charge is -2.10. The number of benzene rings is 3. The lowest BCUT2D eigenvalue weighted by Crippen LogP contribution is -1.97. The van der Waals surface area contributed by atoms with E-state index in [1.165, 1.54) is 16.7 Å². The van der Waals surface area contributed by atoms with Crippen molar-refractivity contribution in [3.05, 3.63) is 83.4 Å². The molecule has 132 valence electrons. The highest BCUT2D eigenvalue weighted by Gasteiger charge is 2.14. The van der Waals surface area contributed by atoms with Crippen molar-refractivity contribution in [2.24, 2.45) is 0 Å². The van der Waals surface area contributed by atoms with Gasteiger partial charge in [0.05, 0.1) is 16.6 Å². The number of aryl methyl sites for hydroxylation is 2. The van der Waals surface area contributed by atoms with Crippen molar-refractivity contribution >= 4 is 39.3 Å². The molecular weight excluding hydrogens is 350 g/mol. The van der Waals surface area contributed by atoms with Gasteiger partial charge in [-0.3, -0.25) is 4.40 Å². The van der Waals surface area contributed by atoms with Gasteiger partial charge < -0.3 is 0 Å². The molecule has 0 bridgehead atoms. The van der Waals surface area contributed by atoms with E-state index >= 15 is 0 Å². The molecule has 0 aliphatic carbocycles. The van der Waals surface area contributed by atoms with Crippen molar-refractivity contribution in [3.63, 3.8) is 0 Å². The van der Waals surface area contributed by atoms with Gasteiger partial charge in [-0.25, -0.2) is 9.97 Å². The first-order valence-corrected chi connectivity index (χ1v) is 10.0. The van der Waals surface area contributed by atoms with Crippen molar-refractivity contribution in [3.8, 4) is 0 Å². The normalized spacial score (nSPS) is 11.6. The van der Waals surface area contributed by atoms with Crippen LogP contribution in [0.3, 0.4) is 0 Å². The zero-order valence-electron chi connectivity index (χ0n) is 15.3. The maximum Gasteiger partial charge on any atom is 0.175 e. The van der Waals surface area contributed by atoms with Crippen LogP contribution in [0.25, 0.3) is 27.6 Å². The van der Waals surface area contributed by atoms with E-state index < -0.39 is 0 Å². The molecule has 27 heavy (non-hydrogen) atoms. The first-order valence-electron chi connectivity index (χ1n) is 9.05. The average Bonchev–Trinajstić information content (AvgIpc) is 3.07. The lowest BCUT2D eigenvalue weighted by atomic mass is 10.1. The molecule has 0 spiro atoms. The Kier molecular flexibility index (Phi) is 3.87. The van der Waals surface area contributed by atoms with Gasteiger partial charge in [0.1, 0.15) is 5.65 Å². The van der Waals surface area contributed by atoms with Gasteiger partial charge in [0.15, 0.2) is 5.16 Å². The Balaban J connectivity index is 1.69. The van der Waals surface area contributed by atoms with Crippen LogP contribution in [0.1, 0.15) is 16.7 Å². The van der Waals surface area contributed by atoms with E-state index in [0.29, 0.717) is 0 Å². The number of aromatic nitrogens is 3. The summed E-state index contributed by atoms with van der Waals surface area (Å²) in [6.07, 6.45) is 0. The van der Waals surface area contributed by atoms with Crippen molar-refractivity contribution < 1.29 is 0 Å². The minimum Gasteiger partial charge on any atom is -0.271 e. The van der Waals surface area contributed by atoms with Crippen molar-refractivity contribution in [1.29, 1.82) is 0 Å². The number of thioether (sulfide) groups is 1. The third-order valence-electron chi connectivity index (χ3n) is 4.97. The number of imidazole rings is 1. The lowest BCUT2D eigenvalue weighted by molar-refractivity contribution is 0.952. The molecule has 0 radical (unpaired) electrons. The summed E-state index contributed by atoms with van der Waals surface area (Å²) in [7, 11) is 0. The van der Waals surface area contributed by atoms with E-state index in [4.69, 9.17) is 9.97 Å². The van der Waals surface area contributed by atoms with Crippen LogP contribution in [-0.2, 0) is 5.75 Å². The van der Waals surface area contributed by atoms with E-state index in [-0.39, 0.29) is 0 Å². The first-order chi connectivity index (χ1) is 13.2. The molecule has 4 heteroatoms. The Morgan fingerprint density at radius 1 is 0.852 bits per heavy atom. The van der Waals surface area contributed by atoms with Crippen LogP contribution < -0.4 is 0 Å². The van der Waals surface area contributed by atoms with Crippen LogP contribution in [0.4, 0.5) is 0 Å². The van der Waals surface area contributed by atoms with Crippen LogP contribution >= 0.6 is 11.8 Å². The molecule has 0 unspecified atom stereocenters. The summed E-state index contributed by atoms with van der Waals surface area (Å²) in [6.45, 7) is 4.31. The second-order valence-corrected chi connectivity index (χ2v) is 7.83. The Morgan fingerprint density at radius 3 is 2.48 bits per heavy atom. The highest BCUT2D eigenvalue weighted by Crippen LogP contribution is 2.31. The standard InChI is InChI=1S/C23H19N3S/c1-15-11-12-17(16(2)13-15)14-27-23-25-19-8-4-3-7-18(19)22-24-20-9-5-6-10-21(20)26(22)23/h3-13H,14H2,1-2H3. The Hall–Kier alpha value is -2.85. The van der Waals surface area contributed by atoms with Gasteiger partial charge in [-0.2, -0.15) is 0 Å². The monoisotopic (exact) mass is 369 g/mol. The van der Waals surface area contributed by atoms with Crippen LogP contribution in [0.2, 0.25) is 0 Å². The van der Waals surface area contributed by atoms with Crippen LogP contribution in [0.15, 0.2) is 71.9 Å². The maximum absolute atomic E-state index is 4.97. The number of fused-ring (bicyclic) bond motifs is 5. The predicted octanol–water partition coefficient (Wildman–Crippen LogP) is 5.94. The summed E-state index contributed by atoms with van der Waals surface area (Å²) in [5.41, 5.74) is 8.05. The SMILES string of the molecule is Cc1ccc(CSc2nc3ccccc3c3nc4ccccc4n23)c(C)c1. The molecule has 3 aromatic carbocycles. The number of hydrogen-bond acceptors (Lipinski definition) is 3. The Morgan fingerprint density at radius 2 is 1.63 bits per heavy atom. The van der Waals surface area contributed by atoms with Crippen LogP contribution in [0, 0.1) is 13.8 Å². The molecule has 0 saturated carbocycles. The Bertz CT molecular complexity index is 1300. The van der Waals surface area contributed by atoms with Gasteiger partial charge in [-0.05, 0) is 49.2 Å². The summed E-state index contributed by atoms with van der Waals surface area (Å²) in [5.74, 6) is 0.888. The molecule has 3 nitrogen and oxygen atoms in total. The molecule has 5 rings (SSSR count). The highest BCUT2D eigenvalue weighted by molar-refractivity contribution is 7.98. The fourth-order valence-corrected chi connectivity index (χ4v) is 4.65. The third-order valence-corrected chi connectivity index (χ3v) is 5.96. The first kappa shape index (κ1) is 16.3. The van der Waals surface area contributed by atoms with Gasteiger partial charge in [0.25, 0.3) is 0 Å². The second kappa shape index (κ2) is 6.39. The highest BCUT2D eigenvalue weighted by atomic mass is 32.2. The molecule has 2 heterocycles. The van der Waals surface area contributed by atoms with E-state index in [1.807, 2.05) is 18.2 Å². The van der Waals surface area contributed by atoms with E-state index in [9.17, 15) is 0 Å². The third kappa shape index (κ3) is 2.77. The quantitative estimate of drug-likeness (QED) is 0.291. The number of rotatable bonds is 3.